The Bertz CT molecular complexity index is 510. The highest BCUT2D eigenvalue weighted by Gasteiger charge is 2.36. The van der Waals surface area contributed by atoms with Gasteiger partial charge >= 0.3 is 12.1 Å². The Morgan fingerprint density at radius 1 is 1.41 bits per heavy atom. The molecule has 0 spiro atoms. The summed E-state index contributed by atoms with van der Waals surface area (Å²) in [4.78, 5) is 11.8. The van der Waals surface area contributed by atoms with Crippen LogP contribution in [0.5, 0.6) is 5.75 Å². The summed E-state index contributed by atoms with van der Waals surface area (Å²) in [6, 6.07) is 4.93. The number of ether oxygens (including phenoxy) is 3. The topological polar surface area (TPSA) is 44.8 Å². The van der Waals surface area contributed by atoms with Crippen LogP contribution in [0.25, 0.3) is 0 Å². The number of methoxy groups -OCH3 is 1. The number of para-hydroxylation sites is 1. The summed E-state index contributed by atoms with van der Waals surface area (Å²) in [6.45, 7) is 0.731. The first-order valence-electron chi connectivity index (χ1n) is 6.88. The normalized spacial score (nSPS) is 19.7. The van der Waals surface area contributed by atoms with Crippen LogP contribution in [0.1, 0.15) is 12.0 Å². The Morgan fingerprint density at radius 3 is 2.73 bits per heavy atom. The molecule has 2 rings (SSSR count). The van der Waals surface area contributed by atoms with Crippen molar-refractivity contribution >= 4 is 5.97 Å². The molecule has 2 atom stereocenters. The largest absolute Gasteiger partial charge is 0.492 e. The van der Waals surface area contributed by atoms with E-state index in [1.165, 1.54) is 25.3 Å². The van der Waals surface area contributed by atoms with Crippen LogP contribution < -0.4 is 4.74 Å². The molecule has 0 bridgehead atoms. The molecule has 22 heavy (non-hydrogen) atoms. The van der Waals surface area contributed by atoms with Crippen molar-refractivity contribution in [1.29, 1.82) is 0 Å². The predicted octanol–water partition coefficient (Wildman–Crippen LogP) is 2.91. The molecule has 1 aromatic carbocycles. The Balaban J connectivity index is 2.11. The average molecular weight is 318 g/mol. The molecular weight excluding hydrogens is 301 g/mol. The molecule has 0 radical (unpaired) electrons. The molecule has 1 aliphatic rings. The summed E-state index contributed by atoms with van der Waals surface area (Å²) >= 11 is 0. The predicted molar refractivity (Wildman–Crippen MR) is 71.4 cm³/mol. The molecule has 1 aliphatic heterocycles. The van der Waals surface area contributed by atoms with E-state index in [-0.39, 0.29) is 18.3 Å². The van der Waals surface area contributed by atoms with Crippen molar-refractivity contribution in [1.82, 2.24) is 0 Å². The zero-order valence-electron chi connectivity index (χ0n) is 12.1. The maximum Gasteiger partial charge on any atom is 0.419 e. The molecule has 1 saturated heterocycles. The van der Waals surface area contributed by atoms with Crippen LogP contribution in [-0.2, 0) is 20.4 Å². The molecule has 1 heterocycles. The van der Waals surface area contributed by atoms with Crippen LogP contribution in [0.3, 0.4) is 0 Å². The summed E-state index contributed by atoms with van der Waals surface area (Å²) in [5.41, 5.74) is -0.860. The molecule has 7 heteroatoms. The summed E-state index contributed by atoms with van der Waals surface area (Å²) in [5.74, 6) is -1.54. The Labute approximate surface area is 126 Å². The first-order chi connectivity index (χ1) is 10.4. The fourth-order valence-corrected chi connectivity index (χ4v) is 2.42. The number of alkyl halides is 3. The van der Waals surface area contributed by atoms with Crippen LogP contribution in [0, 0.1) is 11.8 Å². The number of halogens is 3. The van der Waals surface area contributed by atoms with E-state index in [0.717, 1.165) is 6.07 Å². The highest BCUT2D eigenvalue weighted by atomic mass is 19.4. The summed E-state index contributed by atoms with van der Waals surface area (Å²) in [5, 5.41) is 0. The fourth-order valence-electron chi connectivity index (χ4n) is 2.42. The maximum atomic E-state index is 12.9. The molecule has 0 amide bonds. The third-order valence-corrected chi connectivity index (χ3v) is 3.65. The van der Waals surface area contributed by atoms with Crippen LogP contribution in [0.15, 0.2) is 24.3 Å². The third-order valence-electron chi connectivity index (χ3n) is 3.65. The van der Waals surface area contributed by atoms with Gasteiger partial charge in [-0.15, -0.1) is 0 Å². The lowest BCUT2D eigenvalue weighted by molar-refractivity contribution is -0.149. The number of rotatable bonds is 5. The number of hydrogen-bond donors (Lipinski definition) is 0. The van der Waals surface area contributed by atoms with Crippen LogP contribution in [0.2, 0.25) is 0 Å². The van der Waals surface area contributed by atoms with Gasteiger partial charge < -0.3 is 14.2 Å². The average Bonchev–Trinajstić information content (AvgIpc) is 3.00. The lowest BCUT2D eigenvalue weighted by atomic mass is 9.92. The Kier molecular flexibility index (Phi) is 5.28. The number of carbonyl (C=O) groups is 1. The maximum absolute atomic E-state index is 12.9. The van der Waals surface area contributed by atoms with Crippen molar-refractivity contribution < 1.29 is 32.2 Å². The summed E-state index contributed by atoms with van der Waals surface area (Å²) < 4.78 is 53.9. The molecule has 0 aromatic heterocycles. The van der Waals surface area contributed by atoms with Gasteiger partial charge in [-0.05, 0) is 18.6 Å². The van der Waals surface area contributed by atoms with Crippen molar-refractivity contribution in [2.24, 2.45) is 11.8 Å². The number of esters is 1. The molecule has 1 fully saturated rings. The van der Waals surface area contributed by atoms with Crippen molar-refractivity contribution in [2.45, 2.75) is 12.6 Å². The minimum Gasteiger partial charge on any atom is -0.492 e. The van der Waals surface area contributed by atoms with Gasteiger partial charge in [-0.1, -0.05) is 12.1 Å². The van der Waals surface area contributed by atoms with Gasteiger partial charge in [-0.25, -0.2) is 0 Å². The Morgan fingerprint density at radius 2 is 2.14 bits per heavy atom. The monoisotopic (exact) mass is 318 g/mol. The van der Waals surface area contributed by atoms with E-state index in [0.29, 0.717) is 19.6 Å². The third kappa shape index (κ3) is 3.91. The van der Waals surface area contributed by atoms with Crippen molar-refractivity contribution in [3.8, 4) is 5.75 Å². The minimum absolute atomic E-state index is 0.106. The molecule has 1 aromatic rings. The Hall–Kier alpha value is -1.76. The molecule has 2 unspecified atom stereocenters. The second kappa shape index (κ2) is 7.00. The molecular formula is C15H17F3O4. The number of carbonyl (C=O) groups excluding carboxylic acids is 1. The van der Waals surface area contributed by atoms with Crippen LogP contribution in [-0.4, -0.2) is 32.9 Å². The standard InChI is InChI=1S/C15H17F3O4/c1-20-14(19)11(10-6-7-21-8-10)9-22-13-5-3-2-4-12(13)15(16,17)18/h2-5,10-11H,6-9H2,1H3. The fraction of sp³-hybridized carbons (Fsp3) is 0.533. The van der Waals surface area contributed by atoms with E-state index in [2.05, 4.69) is 0 Å². The van der Waals surface area contributed by atoms with Gasteiger partial charge in [-0.3, -0.25) is 4.79 Å². The highest BCUT2D eigenvalue weighted by Crippen LogP contribution is 2.36. The lowest BCUT2D eigenvalue weighted by Crippen LogP contribution is -2.31. The number of hydrogen-bond acceptors (Lipinski definition) is 4. The van der Waals surface area contributed by atoms with E-state index >= 15 is 0 Å². The second-order valence-electron chi connectivity index (χ2n) is 5.06. The van der Waals surface area contributed by atoms with Gasteiger partial charge in [0, 0.05) is 12.5 Å². The van der Waals surface area contributed by atoms with E-state index < -0.39 is 23.6 Å². The second-order valence-corrected chi connectivity index (χ2v) is 5.06. The quantitative estimate of drug-likeness (QED) is 0.783. The zero-order chi connectivity index (χ0) is 16.2. The van der Waals surface area contributed by atoms with Gasteiger partial charge in [0.25, 0.3) is 0 Å². The van der Waals surface area contributed by atoms with Crippen molar-refractivity contribution in [2.75, 3.05) is 26.9 Å². The van der Waals surface area contributed by atoms with Crippen molar-refractivity contribution in [3.05, 3.63) is 29.8 Å². The van der Waals surface area contributed by atoms with E-state index in [9.17, 15) is 18.0 Å². The zero-order valence-corrected chi connectivity index (χ0v) is 12.1. The minimum atomic E-state index is -4.51. The van der Waals surface area contributed by atoms with Gasteiger partial charge in [0.15, 0.2) is 0 Å². The van der Waals surface area contributed by atoms with Crippen LogP contribution >= 0.6 is 0 Å². The first-order valence-corrected chi connectivity index (χ1v) is 6.88. The number of benzene rings is 1. The highest BCUT2D eigenvalue weighted by molar-refractivity contribution is 5.72. The van der Waals surface area contributed by atoms with Crippen molar-refractivity contribution in [3.63, 3.8) is 0 Å². The molecule has 0 aliphatic carbocycles. The van der Waals surface area contributed by atoms with Gasteiger partial charge in [0.2, 0.25) is 0 Å². The smallest absolute Gasteiger partial charge is 0.419 e. The van der Waals surface area contributed by atoms with Gasteiger partial charge in [0.1, 0.15) is 12.4 Å². The molecule has 122 valence electrons. The SMILES string of the molecule is COC(=O)C(COc1ccccc1C(F)(F)F)C1CCOC1. The van der Waals surface area contributed by atoms with E-state index in [1.54, 1.807) is 0 Å². The van der Waals surface area contributed by atoms with Gasteiger partial charge in [0.05, 0.1) is 25.2 Å². The molecule has 0 N–H and O–H groups in total. The van der Waals surface area contributed by atoms with E-state index in [1.807, 2.05) is 0 Å². The summed E-state index contributed by atoms with van der Waals surface area (Å²) in [6.07, 6.45) is -3.85. The van der Waals surface area contributed by atoms with E-state index in [4.69, 9.17) is 14.2 Å². The summed E-state index contributed by atoms with van der Waals surface area (Å²) in [7, 11) is 1.24. The van der Waals surface area contributed by atoms with Gasteiger partial charge in [-0.2, -0.15) is 13.2 Å². The first kappa shape index (κ1) is 16.6. The van der Waals surface area contributed by atoms with Crippen LogP contribution in [0.4, 0.5) is 13.2 Å². The molecule has 4 nitrogen and oxygen atoms in total. The molecule has 0 saturated carbocycles. The lowest BCUT2D eigenvalue weighted by Gasteiger charge is -2.21.